The van der Waals surface area contributed by atoms with Crippen LogP contribution in [0.4, 0.5) is 0 Å². The molecule has 0 heterocycles. The highest BCUT2D eigenvalue weighted by Crippen LogP contribution is 2.06. The first kappa shape index (κ1) is 10.1. The van der Waals surface area contributed by atoms with Crippen LogP contribution in [0.3, 0.4) is 0 Å². The summed E-state index contributed by atoms with van der Waals surface area (Å²) in [7, 11) is 0. The lowest BCUT2D eigenvalue weighted by molar-refractivity contribution is 0.319. The van der Waals surface area contributed by atoms with E-state index in [0.29, 0.717) is 12.3 Å². The SMILES string of the molecule is C/C(=N\O)c1ccc(CN=[N+]=[N-])cc1. The first-order chi connectivity index (χ1) is 6.77. The van der Waals surface area contributed by atoms with Crippen LogP contribution in [-0.4, -0.2) is 10.9 Å². The Morgan fingerprint density at radius 2 is 2.07 bits per heavy atom. The molecule has 1 aromatic carbocycles. The van der Waals surface area contributed by atoms with Crippen LogP contribution in [0.5, 0.6) is 0 Å². The van der Waals surface area contributed by atoms with E-state index in [1.807, 2.05) is 24.3 Å². The fraction of sp³-hybridized carbons (Fsp3) is 0.222. The van der Waals surface area contributed by atoms with Crippen molar-refractivity contribution >= 4 is 5.71 Å². The molecular weight excluding hydrogens is 180 g/mol. The first-order valence-electron chi connectivity index (χ1n) is 4.06. The van der Waals surface area contributed by atoms with Crippen LogP contribution in [-0.2, 0) is 6.54 Å². The third-order valence-corrected chi connectivity index (χ3v) is 1.84. The van der Waals surface area contributed by atoms with Crippen molar-refractivity contribution in [2.75, 3.05) is 0 Å². The van der Waals surface area contributed by atoms with E-state index in [2.05, 4.69) is 15.2 Å². The normalized spacial score (nSPS) is 10.8. The summed E-state index contributed by atoms with van der Waals surface area (Å²) in [5, 5.41) is 15.0. The van der Waals surface area contributed by atoms with E-state index in [9.17, 15) is 0 Å². The fourth-order valence-electron chi connectivity index (χ4n) is 1.02. The molecular formula is C9H10N4O. The topological polar surface area (TPSA) is 81.4 Å². The summed E-state index contributed by atoms with van der Waals surface area (Å²) in [6.07, 6.45) is 0. The summed E-state index contributed by atoms with van der Waals surface area (Å²) in [4.78, 5) is 2.67. The van der Waals surface area contributed by atoms with E-state index >= 15 is 0 Å². The van der Waals surface area contributed by atoms with Gasteiger partial charge >= 0.3 is 0 Å². The maximum atomic E-state index is 8.52. The van der Waals surface area contributed by atoms with Gasteiger partial charge in [0, 0.05) is 4.91 Å². The molecule has 0 aliphatic heterocycles. The van der Waals surface area contributed by atoms with E-state index < -0.39 is 0 Å². The minimum absolute atomic E-state index is 0.339. The second kappa shape index (κ2) is 4.89. The van der Waals surface area contributed by atoms with Crippen LogP contribution in [0.25, 0.3) is 10.4 Å². The van der Waals surface area contributed by atoms with Crippen molar-refractivity contribution in [1.82, 2.24) is 0 Å². The fourth-order valence-corrected chi connectivity index (χ4v) is 1.02. The maximum Gasteiger partial charge on any atom is 0.0836 e. The average Bonchev–Trinajstić information content (AvgIpc) is 2.26. The van der Waals surface area contributed by atoms with Crippen molar-refractivity contribution < 1.29 is 5.21 Å². The van der Waals surface area contributed by atoms with Crippen LogP contribution >= 0.6 is 0 Å². The molecule has 0 radical (unpaired) electrons. The Morgan fingerprint density at radius 3 is 2.57 bits per heavy atom. The molecule has 0 amide bonds. The number of azide groups is 1. The van der Waals surface area contributed by atoms with Crippen molar-refractivity contribution in [3.05, 3.63) is 45.8 Å². The Kier molecular flexibility index (Phi) is 3.52. The van der Waals surface area contributed by atoms with Gasteiger partial charge in [-0.15, -0.1) is 0 Å². The van der Waals surface area contributed by atoms with Gasteiger partial charge in [-0.1, -0.05) is 34.5 Å². The molecule has 1 aromatic rings. The van der Waals surface area contributed by atoms with Gasteiger partial charge in [0.15, 0.2) is 0 Å². The van der Waals surface area contributed by atoms with Crippen LogP contribution in [0.2, 0.25) is 0 Å². The third-order valence-electron chi connectivity index (χ3n) is 1.84. The zero-order chi connectivity index (χ0) is 10.4. The Labute approximate surface area is 81.3 Å². The molecule has 0 unspecified atom stereocenters. The van der Waals surface area contributed by atoms with Gasteiger partial charge in [-0.2, -0.15) is 0 Å². The Balaban J connectivity index is 2.83. The number of oxime groups is 1. The molecule has 0 aliphatic carbocycles. The predicted molar refractivity (Wildman–Crippen MR) is 53.3 cm³/mol. The summed E-state index contributed by atoms with van der Waals surface area (Å²) < 4.78 is 0. The molecule has 0 saturated carbocycles. The molecule has 0 fully saturated rings. The summed E-state index contributed by atoms with van der Waals surface area (Å²) in [5.74, 6) is 0. The van der Waals surface area contributed by atoms with Gasteiger partial charge < -0.3 is 5.21 Å². The molecule has 5 nitrogen and oxygen atoms in total. The quantitative estimate of drug-likeness (QED) is 0.195. The lowest BCUT2D eigenvalue weighted by Crippen LogP contribution is -1.94. The van der Waals surface area contributed by atoms with Crippen molar-refractivity contribution in [2.45, 2.75) is 13.5 Å². The van der Waals surface area contributed by atoms with Gasteiger partial charge in [0.25, 0.3) is 0 Å². The monoisotopic (exact) mass is 190 g/mol. The molecule has 0 bridgehead atoms. The summed E-state index contributed by atoms with van der Waals surface area (Å²) >= 11 is 0. The van der Waals surface area contributed by atoms with Gasteiger partial charge in [0.1, 0.15) is 0 Å². The summed E-state index contributed by atoms with van der Waals surface area (Å²) in [5.41, 5.74) is 10.4. The average molecular weight is 190 g/mol. The van der Waals surface area contributed by atoms with Gasteiger partial charge in [0.2, 0.25) is 0 Å². The number of hydrogen-bond acceptors (Lipinski definition) is 3. The second-order valence-corrected chi connectivity index (χ2v) is 2.77. The van der Waals surface area contributed by atoms with Gasteiger partial charge in [-0.25, -0.2) is 0 Å². The van der Waals surface area contributed by atoms with E-state index in [1.54, 1.807) is 6.92 Å². The molecule has 0 aromatic heterocycles. The van der Waals surface area contributed by atoms with Crippen LogP contribution in [0.1, 0.15) is 18.1 Å². The molecule has 0 spiro atoms. The first-order valence-corrected chi connectivity index (χ1v) is 4.06. The zero-order valence-electron chi connectivity index (χ0n) is 7.75. The van der Waals surface area contributed by atoms with Crippen molar-refractivity contribution in [3.63, 3.8) is 0 Å². The highest BCUT2D eigenvalue weighted by atomic mass is 16.4. The van der Waals surface area contributed by atoms with E-state index in [1.165, 1.54) is 0 Å². The lowest BCUT2D eigenvalue weighted by atomic mass is 10.1. The van der Waals surface area contributed by atoms with Gasteiger partial charge in [-0.05, 0) is 23.6 Å². The van der Waals surface area contributed by atoms with E-state index in [4.69, 9.17) is 10.7 Å². The van der Waals surface area contributed by atoms with Crippen LogP contribution in [0, 0.1) is 0 Å². The summed E-state index contributed by atoms with van der Waals surface area (Å²) in [6, 6.07) is 7.30. The second-order valence-electron chi connectivity index (χ2n) is 2.77. The Hall–Kier alpha value is -2.00. The number of nitrogens with zero attached hydrogens (tertiary/aromatic N) is 4. The van der Waals surface area contributed by atoms with Crippen LogP contribution in [0.15, 0.2) is 34.5 Å². The number of rotatable bonds is 3. The molecule has 1 rings (SSSR count). The lowest BCUT2D eigenvalue weighted by Gasteiger charge is -1.99. The third kappa shape index (κ3) is 2.50. The molecule has 5 heteroatoms. The van der Waals surface area contributed by atoms with Crippen molar-refractivity contribution in [1.29, 1.82) is 0 Å². The van der Waals surface area contributed by atoms with Crippen molar-refractivity contribution in [2.24, 2.45) is 10.3 Å². The van der Waals surface area contributed by atoms with E-state index in [0.717, 1.165) is 11.1 Å². The minimum atomic E-state index is 0.339. The molecule has 14 heavy (non-hydrogen) atoms. The van der Waals surface area contributed by atoms with Crippen molar-refractivity contribution in [3.8, 4) is 0 Å². The largest absolute Gasteiger partial charge is 0.411 e. The standard InChI is InChI=1S/C9H10N4O/c1-7(12-14)9-4-2-8(3-5-9)6-11-13-10/h2-5,14H,6H2,1H3/b12-7+. The Bertz CT molecular complexity index is 376. The predicted octanol–water partition coefficient (Wildman–Crippen LogP) is 2.70. The van der Waals surface area contributed by atoms with Crippen LogP contribution < -0.4 is 0 Å². The van der Waals surface area contributed by atoms with E-state index in [-0.39, 0.29) is 0 Å². The molecule has 0 saturated heterocycles. The van der Waals surface area contributed by atoms with Gasteiger partial charge in [-0.3, -0.25) is 0 Å². The highest BCUT2D eigenvalue weighted by Gasteiger charge is 1.97. The molecule has 0 atom stereocenters. The number of hydrogen-bond donors (Lipinski definition) is 1. The Morgan fingerprint density at radius 1 is 1.43 bits per heavy atom. The highest BCUT2D eigenvalue weighted by molar-refractivity contribution is 5.98. The zero-order valence-corrected chi connectivity index (χ0v) is 7.75. The minimum Gasteiger partial charge on any atom is -0.411 e. The maximum absolute atomic E-state index is 8.52. The molecule has 0 aliphatic rings. The molecule has 1 N–H and O–H groups in total. The summed E-state index contributed by atoms with van der Waals surface area (Å²) in [6.45, 7) is 2.05. The molecule has 72 valence electrons. The smallest absolute Gasteiger partial charge is 0.0836 e. The van der Waals surface area contributed by atoms with Gasteiger partial charge in [0.05, 0.1) is 12.3 Å². The number of benzene rings is 1.